The zero-order chi connectivity index (χ0) is 19.4. The summed E-state index contributed by atoms with van der Waals surface area (Å²) in [4.78, 5) is 28.2. The lowest BCUT2D eigenvalue weighted by Crippen LogP contribution is -2.50. The minimum absolute atomic E-state index is 0.0229. The molecule has 1 saturated heterocycles. The number of hydrogen-bond acceptors (Lipinski definition) is 3. The van der Waals surface area contributed by atoms with E-state index in [4.69, 9.17) is 4.42 Å². The summed E-state index contributed by atoms with van der Waals surface area (Å²) in [6, 6.07) is 9.93. The molecule has 27 heavy (non-hydrogen) atoms. The van der Waals surface area contributed by atoms with Gasteiger partial charge in [0.2, 0.25) is 5.91 Å². The van der Waals surface area contributed by atoms with Gasteiger partial charge in [0, 0.05) is 32.3 Å². The Morgan fingerprint density at radius 3 is 2.15 bits per heavy atom. The van der Waals surface area contributed by atoms with Crippen LogP contribution in [0.3, 0.4) is 0 Å². The van der Waals surface area contributed by atoms with Crippen molar-refractivity contribution in [3.8, 4) is 0 Å². The molecule has 3 rings (SSSR count). The van der Waals surface area contributed by atoms with E-state index in [1.54, 1.807) is 21.9 Å². The van der Waals surface area contributed by atoms with E-state index in [-0.39, 0.29) is 17.2 Å². The molecule has 0 aliphatic carbocycles. The zero-order valence-corrected chi connectivity index (χ0v) is 16.1. The molecule has 0 unspecified atom stereocenters. The van der Waals surface area contributed by atoms with Crippen LogP contribution in [0.4, 0.5) is 0 Å². The Morgan fingerprint density at radius 2 is 1.59 bits per heavy atom. The Balaban J connectivity index is 1.53. The first-order chi connectivity index (χ1) is 12.8. The summed E-state index contributed by atoms with van der Waals surface area (Å²) >= 11 is 0. The lowest BCUT2D eigenvalue weighted by atomic mass is 9.87. The second-order valence-electron chi connectivity index (χ2n) is 7.83. The van der Waals surface area contributed by atoms with Gasteiger partial charge in [0.05, 0.1) is 11.8 Å². The number of amides is 2. The van der Waals surface area contributed by atoms with E-state index in [9.17, 15) is 9.59 Å². The summed E-state index contributed by atoms with van der Waals surface area (Å²) in [5.41, 5.74) is 2.94. The highest BCUT2D eigenvalue weighted by molar-refractivity contribution is 5.94. The largest absolute Gasteiger partial charge is 0.472 e. The van der Waals surface area contributed by atoms with Gasteiger partial charge in [-0.2, -0.15) is 0 Å². The molecule has 0 spiro atoms. The van der Waals surface area contributed by atoms with Crippen LogP contribution in [-0.2, 0) is 10.2 Å². The molecule has 1 aliphatic rings. The Kier molecular flexibility index (Phi) is 5.49. The van der Waals surface area contributed by atoms with Gasteiger partial charge < -0.3 is 14.2 Å². The summed E-state index contributed by atoms with van der Waals surface area (Å²) < 4.78 is 4.96. The maximum Gasteiger partial charge on any atom is 0.257 e. The normalized spacial score (nSPS) is 15.4. The topological polar surface area (TPSA) is 53.8 Å². The van der Waals surface area contributed by atoms with Crippen molar-refractivity contribution in [2.24, 2.45) is 0 Å². The van der Waals surface area contributed by atoms with Crippen LogP contribution in [0.15, 0.2) is 53.4 Å². The molecule has 5 nitrogen and oxygen atoms in total. The summed E-state index contributed by atoms with van der Waals surface area (Å²) in [5.74, 6) is -0.0735. The Bertz CT molecular complexity index is 806. The van der Waals surface area contributed by atoms with Crippen molar-refractivity contribution in [3.63, 3.8) is 0 Å². The van der Waals surface area contributed by atoms with Gasteiger partial charge in [-0.25, -0.2) is 0 Å². The van der Waals surface area contributed by atoms with E-state index in [0.29, 0.717) is 31.7 Å². The molecule has 1 aliphatic heterocycles. The van der Waals surface area contributed by atoms with Crippen molar-refractivity contribution >= 4 is 17.9 Å². The first-order valence-electron chi connectivity index (χ1n) is 9.23. The molecule has 0 atom stereocenters. The predicted octanol–water partition coefficient (Wildman–Crippen LogP) is 3.57. The fraction of sp³-hybridized carbons (Fsp3) is 0.364. The smallest absolute Gasteiger partial charge is 0.257 e. The fourth-order valence-corrected chi connectivity index (χ4v) is 3.07. The molecular weight excluding hydrogens is 340 g/mol. The number of benzene rings is 1. The number of nitrogens with zero attached hydrogens (tertiary/aromatic N) is 2. The first-order valence-corrected chi connectivity index (χ1v) is 9.23. The van der Waals surface area contributed by atoms with Crippen molar-refractivity contribution in [1.82, 2.24) is 9.80 Å². The van der Waals surface area contributed by atoms with Crippen LogP contribution in [0.5, 0.6) is 0 Å². The van der Waals surface area contributed by atoms with Crippen LogP contribution < -0.4 is 0 Å². The number of hydrogen-bond donors (Lipinski definition) is 0. The molecule has 2 aromatic rings. The van der Waals surface area contributed by atoms with Gasteiger partial charge >= 0.3 is 0 Å². The van der Waals surface area contributed by atoms with Crippen molar-refractivity contribution in [3.05, 3.63) is 65.6 Å². The van der Waals surface area contributed by atoms with E-state index < -0.39 is 0 Å². The van der Waals surface area contributed by atoms with Gasteiger partial charge in [0.25, 0.3) is 5.91 Å². The summed E-state index contributed by atoms with van der Waals surface area (Å²) in [6.07, 6.45) is 6.40. The van der Waals surface area contributed by atoms with Gasteiger partial charge in [0.1, 0.15) is 6.26 Å². The molecule has 1 fully saturated rings. The van der Waals surface area contributed by atoms with Crippen LogP contribution in [0.25, 0.3) is 6.08 Å². The summed E-state index contributed by atoms with van der Waals surface area (Å²) in [7, 11) is 0. The van der Waals surface area contributed by atoms with Crippen molar-refractivity contribution < 1.29 is 14.0 Å². The van der Waals surface area contributed by atoms with Gasteiger partial charge in [-0.15, -0.1) is 0 Å². The van der Waals surface area contributed by atoms with Crippen molar-refractivity contribution in [1.29, 1.82) is 0 Å². The molecule has 1 aromatic carbocycles. The molecule has 2 amide bonds. The second-order valence-corrected chi connectivity index (χ2v) is 7.83. The third-order valence-corrected chi connectivity index (χ3v) is 4.84. The predicted molar refractivity (Wildman–Crippen MR) is 105 cm³/mol. The molecule has 5 heteroatoms. The first kappa shape index (κ1) is 19.0. The number of carbonyl (C=O) groups excluding carboxylic acids is 2. The monoisotopic (exact) mass is 366 g/mol. The fourth-order valence-electron chi connectivity index (χ4n) is 3.07. The van der Waals surface area contributed by atoms with E-state index >= 15 is 0 Å². The Morgan fingerprint density at radius 1 is 0.963 bits per heavy atom. The standard InChI is InChI=1S/C22H26N2O3/c1-22(2,3)19-7-4-17(5-8-19)6-9-20(25)23-11-13-24(14-12-23)21(26)18-10-15-27-16-18/h4-10,15-16H,11-14H2,1-3H3/b9-6+. The summed E-state index contributed by atoms with van der Waals surface area (Å²) in [6.45, 7) is 8.67. The van der Waals surface area contributed by atoms with Gasteiger partial charge in [-0.1, -0.05) is 45.0 Å². The maximum atomic E-state index is 12.4. The van der Waals surface area contributed by atoms with E-state index in [1.165, 1.54) is 18.1 Å². The van der Waals surface area contributed by atoms with Gasteiger partial charge in [-0.05, 0) is 28.7 Å². The molecule has 2 heterocycles. The van der Waals surface area contributed by atoms with Gasteiger partial charge in [-0.3, -0.25) is 9.59 Å². The molecule has 0 radical (unpaired) electrons. The van der Waals surface area contributed by atoms with E-state index in [1.807, 2.05) is 18.2 Å². The number of carbonyl (C=O) groups is 2. The molecular formula is C22H26N2O3. The molecule has 1 aromatic heterocycles. The average molecular weight is 366 g/mol. The number of piperazine rings is 1. The highest BCUT2D eigenvalue weighted by Gasteiger charge is 2.24. The lowest BCUT2D eigenvalue weighted by molar-refractivity contribution is -0.127. The van der Waals surface area contributed by atoms with Crippen LogP contribution in [0.1, 0.15) is 42.3 Å². The van der Waals surface area contributed by atoms with E-state index in [2.05, 4.69) is 32.9 Å². The van der Waals surface area contributed by atoms with Crippen LogP contribution in [-0.4, -0.2) is 47.8 Å². The van der Waals surface area contributed by atoms with Crippen molar-refractivity contribution in [2.75, 3.05) is 26.2 Å². The van der Waals surface area contributed by atoms with E-state index in [0.717, 1.165) is 5.56 Å². The highest BCUT2D eigenvalue weighted by Crippen LogP contribution is 2.22. The maximum absolute atomic E-state index is 12.4. The second kappa shape index (κ2) is 7.82. The summed E-state index contributed by atoms with van der Waals surface area (Å²) in [5, 5.41) is 0. The SMILES string of the molecule is CC(C)(C)c1ccc(/C=C/C(=O)N2CCN(C(=O)c3ccoc3)CC2)cc1. The average Bonchev–Trinajstić information content (AvgIpc) is 3.20. The Labute approximate surface area is 160 Å². The van der Waals surface area contributed by atoms with Crippen LogP contribution in [0.2, 0.25) is 0 Å². The molecule has 0 saturated carbocycles. The minimum atomic E-state index is -0.0506. The molecule has 0 N–H and O–H groups in total. The Hall–Kier alpha value is -2.82. The third-order valence-electron chi connectivity index (χ3n) is 4.84. The van der Waals surface area contributed by atoms with Crippen LogP contribution >= 0.6 is 0 Å². The highest BCUT2D eigenvalue weighted by atomic mass is 16.3. The van der Waals surface area contributed by atoms with Crippen LogP contribution in [0, 0.1) is 0 Å². The lowest BCUT2D eigenvalue weighted by Gasteiger charge is -2.34. The minimum Gasteiger partial charge on any atom is -0.472 e. The number of furan rings is 1. The third kappa shape index (κ3) is 4.67. The quantitative estimate of drug-likeness (QED) is 0.780. The molecule has 0 bridgehead atoms. The van der Waals surface area contributed by atoms with Crippen molar-refractivity contribution in [2.45, 2.75) is 26.2 Å². The zero-order valence-electron chi connectivity index (χ0n) is 16.1. The number of rotatable bonds is 3. The van der Waals surface area contributed by atoms with Gasteiger partial charge in [0.15, 0.2) is 0 Å². The molecule has 142 valence electrons.